The average molecular weight is 365 g/mol. The van der Waals surface area contributed by atoms with Crippen LogP contribution in [0, 0.1) is 5.92 Å². The molecule has 2 amide bonds. The number of rotatable bonds is 9. The normalized spacial score (nSPS) is 13.2. The van der Waals surface area contributed by atoms with Crippen LogP contribution in [0.4, 0.5) is 4.79 Å². The number of ether oxygens (including phenoxy) is 2. The van der Waals surface area contributed by atoms with Gasteiger partial charge in [-0.2, -0.15) is 0 Å². The van der Waals surface area contributed by atoms with Gasteiger partial charge in [0, 0.05) is 6.54 Å². The zero-order valence-corrected chi connectivity index (χ0v) is 16.5. The molecule has 7 nitrogen and oxygen atoms in total. The van der Waals surface area contributed by atoms with Gasteiger partial charge in [0.1, 0.15) is 11.8 Å². The third kappa shape index (κ3) is 6.55. The van der Waals surface area contributed by atoms with Gasteiger partial charge in [-0.1, -0.05) is 26.0 Å². The summed E-state index contributed by atoms with van der Waals surface area (Å²) in [4.78, 5) is 26.3. The summed E-state index contributed by atoms with van der Waals surface area (Å²) in [5.41, 5.74) is 1.04. The second kappa shape index (κ2) is 10.7. The molecule has 1 rings (SSSR count). The van der Waals surface area contributed by atoms with E-state index in [1.165, 1.54) is 0 Å². The Morgan fingerprint density at radius 1 is 1.23 bits per heavy atom. The minimum Gasteiger partial charge on any atom is -0.497 e. The van der Waals surface area contributed by atoms with Crippen molar-refractivity contribution in [3.63, 3.8) is 0 Å². The lowest BCUT2D eigenvalue weighted by molar-refractivity contribution is -0.124. The number of benzene rings is 1. The summed E-state index contributed by atoms with van der Waals surface area (Å²) in [6.45, 7) is 6.15. The van der Waals surface area contributed by atoms with Gasteiger partial charge in [-0.3, -0.25) is 4.79 Å². The fourth-order valence-corrected chi connectivity index (χ4v) is 2.59. The van der Waals surface area contributed by atoms with Crippen molar-refractivity contribution >= 4 is 12.0 Å². The van der Waals surface area contributed by atoms with E-state index in [1.807, 2.05) is 57.1 Å². The SMILES string of the molecule is CCOC(=O)N[C@H](C(=O)NC[C@H](c1cccc(OC)c1)N(C)C)C(C)C. The van der Waals surface area contributed by atoms with Crippen LogP contribution in [0.1, 0.15) is 32.4 Å². The van der Waals surface area contributed by atoms with Crippen LogP contribution in [0.3, 0.4) is 0 Å². The molecule has 146 valence electrons. The second-order valence-corrected chi connectivity index (χ2v) is 6.59. The molecular weight excluding hydrogens is 334 g/mol. The van der Waals surface area contributed by atoms with Crippen molar-refractivity contribution in [1.82, 2.24) is 15.5 Å². The van der Waals surface area contributed by atoms with Crippen LogP contribution in [0.15, 0.2) is 24.3 Å². The van der Waals surface area contributed by atoms with E-state index in [1.54, 1.807) is 14.0 Å². The van der Waals surface area contributed by atoms with E-state index in [9.17, 15) is 9.59 Å². The van der Waals surface area contributed by atoms with Gasteiger partial charge in [0.25, 0.3) is 0 Å². The van der Waals surface area contributed by atoms with Gasteiger partial charge in [-0.05, 0) is 44.6 Å². The van der Waals surface area contributed by atoms with E-state index in [2.05, 4.69) is 10.6 Å². The van der Waals surface area contributed by atoms with Crippen LogP contribution in [-0.2, 0) is 9.53 Å². The Bertz CT molecular complexity index is 590. The molecule has 0 saturated carbocycles. The van der Waals surface area contributed by atoms with Gasteiger partial charge in [0.05, 0.1) is 19.8 Å². The van der Waals surface area contributed by atoms with Gasteiger partial charge >= 0.3 is 6.09 Å². The molecule has 0 saturated heterocycles. The molecule has 0 fully saturated rings. The molecule has 0 aliphatic heterocycles. The number of likely N-dealkylation sites (N-methyl/N-ethyl adjacent to an activating group) is 1. The topological polar surface area (TPSA) is 79.9 Å². The summed E-state index contributed by atoms with van der Waals surface area (Å²) in [6.07, 6.45) is -0.585. The Labute approximate surface area is 156 Å². The highest BCUT2D eigenvalue weighted by Crippen LogP contribution is 2.22. The monoisotopic (exact) mass is 365 g/mol. The minimum atomic E-state index is -0.651. The highest BCUT2D eigenvalue weighted by Gasteiger charge is 2.26. The minimum absolute atomic E-state index is 0.0237. The van der Waals surface area contributed by atoms with E-state index in [4.69, 9.17) is 9.47 Å². The lowest BCUT2D eigenvalue weighted by atomic mass is 10.0. The first-order chi connectivity index (χ1) is 12.3. The van der Waals surface area contributed by atoms with Gasteiger partial charge in [-0.25, -0.2) is 4.79 Å². The van der Waals surface area contributed by atoms with Crippen LogP contribution in [0.5, 0.6) is 5.75 Å². The molecule has 7 heteroatoms. The lowest BCUT2D eigenvalue weighted by Crippen LogP contribution is -2.51. The van der Waals surface area contributed by atoms with Gasteiger partial charge in [0.2, 0.25) is 5.91 Å². The number of amides is 2. The quantitative estimate of drug-likeness (QED) is 0.701. The predicted molar refractivity (Wildman–Crippen MR) is 101 cm³/mol. The van der Waals surface area contributed by atoms with Gasteiger partial charge in [-0.15, -0.1) is 0 Å². The average Bonchev–Trinajstić information content (AvgIpc) is 2.59. The summed E-state index contributed by atoms with van der Waals surface area (Å²) in [5, 5.41) is 5.56. The molecule has 0 aliphatic carbocycles. The third-order valence-corrected chi connectivity index (χ3v) is 4.07. The Hall–Kier alpha value is -2.28. The Kier molecular flexibility index (Phi) is 8.92. The number of hydrogen-bond donors (Lipinski definition) is 2. The molecule has 0 spiro atoms. The smallest absolute Gasteiger partial charge is 0.407 e. The highest BCUT2D eigenvalue weighted by atomic mass is 16.5. The standard InChI is InChI=1S/C19H31N3O4/c1-7-26-19(24)21-17(13(2)3)18(23)20-12-16(22(4)5)14-9-8-10-15(11-14)25-6/h8-11,13,16-17H,7,12H2,1-6H3,(H,20,23)(H,21,24)/t16-,17+/m1/s1. The molecule has 26 heavy (non-hydrogen) atoms. The second-order valence-electron chi connectivity index (χ2n) is 6.59. The summed E-state index contributed by atoms with van der Waals surface area (Å²) >= 11 is 0. The largest absolute Gasteiger partial charge is 0.497 e. The maximum absolute atomic E-state index is 12.6. The van der Waals surface area contributed by atoms with E-state index in [-0.39, 0.29) is 24.5 Å². The molecular formula is C19H31N3O4. The molecule has 0 bridgehead atoms. The summed E-state index contributed by atoms with van der Waals surface area (Å²) in [6, 6.07) is 7.08. The summed E-state index contributed by atoms with van der Waals surface area (Å²) in [7, 11) is 5.53. The Morgan fingerprint density at radius 2 is 1.92 bits per heavy atom. The zero-order valence-electron chi connectivity index (χ0n) is 16.5. The fraction of sp³-hybridized carbons (Fsp3) is 0.579. The van der Waals surface area contributed by atoms with Crippen molar-refractivity contribution in [2.45, 2.75) is 32.9 Å². The summed E-state index contributed by atoms with van der Waals surface area (Å²) < 4.78 is 10.2. The van der Waals surface area contributed by atoms with Crippen molar-refractivity contribution in [3.05, 3.63) is 29.8 Å². The van der Waals surface area contributed by atoms with Crippen LogP contribution in [0.25, 0.3) is 0 Å². The lowest BCUT2D eigenvalue weighted by Gasteiger charge is -2.27. The third-order valence-electron chi connectivity index (χ3n) is 4.07. The first kappa shape index (κ1) is 21.8. The molecule has 1 aromatic carbocycles. The molecule has 0 unspecified atom stereocenters. The number of methoxy groups -OCH3 is 1. The molecule has 2 N–H and O–H groups in total. The van der Waals surface area contributed by atoms with E-state index in [0.717, 1.165) is 11.3 Å². The number of carbonyl (C=O) groups excluding carboxylic acids is 2. The molecule has 0 aromatic heterocycles. The summed E-state index contributed by atoms with van der Waals surface area (Å²) in [5.74, 6) is 0.474. The van der Waals surface area contributed by atoms with Crippen molar-refractivity contribution in [3.8, 4) is 5.75 Å². The number of nitrogens with one attached hydrogen (secondary N) is 2. The molecule has 2 atom stereocenters. The van der Waals surface area contributed by atoms with Gasteiger partial charge in [0.15, 0.2) is 0 Å². The number of nitrogens with zero attached hydrogens (tertiary/aromatic N) is 1. The fourth-order valence-electron chi connectivity index (χ4n) is 2.59. The Balaban J connectivity index is 2.79. The van der Waals surface area contributed by atoms with Crippen LogP contribution in [-0.4, -0.2) is 57.3 Å². The maximum Gasteiger partial charge on any atom is 0.407 e. The highest BCUT2D eigenvalue weighted by molar-refractivity contribution is 5.85. The zero-order chi connectivity index (χ0) is 19.7. The number of carbonyl (C=O) groups is 2. The van der Waals surface area contributed by atoms with Crippen LogP contribution in [0.2, 0.25) is 0 Å². The van der Waals surface area contributed by atoms with Crippen molar-refractivity contribution in [2.75, 3.05) is 34.4 Å². The molecule has 1 aromatic rings. The molecule has 0 aliphatic rings. The van der Waals surface area contributed by atoms with Crippen LogP contribution >= 0.6 is 0 Å². The van der Waals surface area contributed by atoms with E-state index in [0.29, 0.717) is 6.54 Å². The maximum atomic E-state index is 12.6. The van der Waals surface area contributed by atoms with Crippen molar-refractivity contribution in [1.29, 1.82) is 0 Å². The van der Waals surface area contributed by atoms with Crippen LogP contribution < -0.4 is 15.4 Å². The first-order valence-electron chi connectivity index (χ1n) is 8.81. The van der Waals surface area contributed by atoms with Crippen molar-refractivity contribution in [2.24, 2.45) is 5.92 Å². The predicted octanol–water partition coefficient (Wildman–Crippen LogP) is 2.18. The van der Waals surface area contributed by atoms with E-state index < -0.39 is 12.1 Å². The molecule has 0 heterocycles. The molecule has 0 radical (unpaired) electrons. The first-order valence-corrected chi connectivity index (χ1v) is 8.81. The number of alkyl carbamates (subject to hydrolysis) is 1. The number of hydrogen-bond acceptors (Lipinski definition) is 5. The Morgan fingerprint density at radius 3 is 2.46 bits per heavy atom. The van der Waals surface area contributed by atoms with E-state index >= 15 is 0 Å². The van der Waals surface area contributed by atoms with Gasteiger partial charge < -0.3 is 25.0 Å². The van der Waals surface area contributed by atoms with Crippen molar-refractivity contribution < 1.29 is 19.1 Å².